The molecule has 1 saturated heterocycles. The maximum absolute atomic E-state index is 12.6. The molecule has 0 aliphatic carbocycles. The lowest BCUT2D eigenvalue weighted by Gasteiger charge is -2.33. The molecule has 0 spiro atoms. The quantitative estimate of drug-likeness (QED) is 0.742. The maximum Gasteiger partial charge on any atom is 0.226 e. The van der Waals surface area contributed by atoms with E-state index in [1.807, 2.05) is 4.90 Å². The van der Waals surface area contributed by atoms with Crippen LogP contribution in [0.1, 0.15) is 33.1 Å². The number of rotatable bonds is 2. The zero-order chi connectivity index (χ0) is 12.3. The number of allylic oxidation sites excluding steroid dienone is 1. The van der Waals surface area contributed by atoms with Gasteiger partial charge in [-0.3, -0.25) is 4.79 Å². The van der Waals surface area contributed by atoms with Crippen LogP contribution in [0.2, 0.25) is 0 Å². The summed E-state index contributed by atoms with van der Waals surface area (Å²) in [6.45, 7) is 7.14. The average Bonchev–Trinajstić information content (AvgIpc) is 2.52. The lowest BCUT2D eigenvalue weighted by Crippen LogP contribution is -2.44. The van der Waals surface area contributed by atoms with Gasteiger partial charge in [0.15, 0.2) is 0 Å². The van der Waals surface area contributed by atoms with Gasteiger partial charge in [0.25, 0.3) is 0 Å². The molecule has 3 heteroatoms. The first-order valence-electron chi connectivity index (χ1n) is 6.86. The summed E-state index contributed by atoms with van der Waals surface area (Å²) >= 11 is 0. The number of piperidine rings is 1. The van der Waals surface area contributed by atoms with Crippen molar-refractivity contribution in [3.63, 3.8) is 0 Å². The van der Waals surface area contributed by atoms with E-state index in [1.165, 1.54) is 0 Å². The van der Waals surface area contributed by atoms with Crippen molar-refractivity contribution in [1.82, 2.24) is 10.2 Å². The first kappa shape index (κ1) is 12.6. The van der Waals surface area contributed by atoms with Crippen LogP contribution >= 0.6 is 0 Å². The van der Waals surface area contributed by atoms with Crippen LogP contribution in [-0.2, 0) is 4.79 Å². The van der Waals surface area contributed by atoms with Gasteiger partial charge in [-0.25, -0.2) is 0 Å². The molecule has 96 valence electrons. The van der Waals surface area contributed by atoms with E-state index in [0.717, 1.165) is 38.9 Å². The minimum Gasteiger partial charge on any atom is -0.336 e. The van der Waals surface area contributed by atoms with E-state index in [-0.39, 0.29) is 5.92 Å². The molecule has 0 saturated carbocycles. The van der Waals surface area contributed by atoms with Gasteiger partial charge in [0.1, 0.15) is 0 Å². The molecule has 3 nitrogen and oxygen atoms in total. The minimum atomic E-state index is 0.221. The molecule has 0 aromatic rings. The van der Waals surface area contributed by atoms with Gasteiger partial charge in [-0.15, -0.1) is 0 Å². The Kier molecular flexibility index (Phi) is 4.21. The van der Waals surface area contributed by atoms with Gasteiger partial charge >= 0.3 is 0 Å². The lowest BCUT2D eigenvalue weighted by molar-refractivity contribution is -0.138. The number of nitrogens with one attached hydrogen (secondary N) is 1. The summed E-state index contributed by atoms with van der Waals surface area (Å²) in [7, 11) is 0. The molecule has 0 aromatic carbocycles. The third-order valence-corrected chi connectivity index (χ3v) is 4.04. The highest BCUT2D eigenvalue weighted by Gasteiger charge is 2.33. The van der Waals surface area contributed by atoms with Crippen molar-refractivity contribution >= 4 is 5.91 Å². The van der Waals surface area contributed by atoms with Crippen molar-refractivity contribution in [2.24, 2.45) is 11.8 Å². The van der Waals surface area contributed by atoms with E-state index >= 15 is 0 Å². The fraction of sp³-hybridized carbons (Fsp3) is 0.786. The van der Waals surface area contributed by atoms with Crippen LogP contribution in [-0.4, -0.2) is 36.5 Å². The Balaban J connectivity index is 2.08. The van der Waals surface area contributed by atoms with Gasteiger partial charge in [-0.2, -0.15) is 0 Å². The zero-order valence-electron chi connectivity index (χ0n) is 11.0. The topological polar surface area (TPSA) is 32.3 Å². The molecule has 1 atom stereocenters. The van der Waals surface area contributed by atoms with E-state index in [9.17, 15) is 4.79 Å². The molecule has 17 heavy (non-hydrogen) atoms. The molecule has 0 radical (unpaired) electrons. The molecule has 0 aromatic heterocycles. The Hall–Kier alpha value is -0.830. The van der Waals surface area contributed by atoms with Gasteiger partial charge in [0, 0.05) is 18.5 Å². The third-order valence-electron chi connectivity index (χ3n) is 4.04. The Morgan fingerprint density at radius 2 is 2.00 bits per heavy atom. The van der Waals surface area contributed by atoms with Crippen molar-refractivity contribution in [2.45, 2.75) is 39.2 Å². The van der Waals surface area contributed by atoms with Crippen LogP contribution in [0.3, 0.4) is 0 Å². The van der Waals surface area contributed by atoms with E-state index in [4.69, 9.17) is 0 Å². The van der Waals surface area contributed by atoms with Gasteiger partial charge in [-0.1, -0.05) is 12.2 Å². The first-order chi connectivity index (χ1) is 8.20. The minimum absolute atomic E-state index is 0.221. The molecular formula is C14H24N2O. The molecular weight excluding hydrogens is 212 g/mol. The fourth-order valence-electron chi connectivity index (χ4n) is 2.94. The van der Waals surface area contributed by atoms with E-state index < -0.39 is 0 Å². The highest BCUT2D eigenvalue weighted by atomic mass is 16.2. The first-order valence-corrected chi connectivity index (χ1v) is 6.86. The summed E-state index contributed by atoms with van der Waals surface area (Å²) in [6, 6.07) is 0.314. The van der Waals surface area contributed by atoms with E-state index in [1.54, 1.807) is 0 Å². The van der Waals surface area contributed by atoms with Crippen LogP contribution in [0.5, 0.6) is 0 Å². The van der Waals surface area contributed by atoms with Gasteiger partial charge < -0.3 is 10.2 Å². The third kappa shape index (κ3) is 2.89. The Morgan fingerprint density at radius 1 is 1.29 bits per heavy atom. The average molecular weight is 236 g/mol. The molecule has 2 aliphatic heterocycles. The summed E-state index contributed by atoms with van der Waals surface area (Å²) < 4.78 is 0. The fourth-order valence-corrected chi connectivity index (χ4v) is 2.94. The van der Waals surface area contributed by atoms with Crippen molar-refractivity contribution in [3.8, 4) is 0 Å². The normalized spacial score (nSPS) is 27.6. The van der Waals surface area contributed by atoms with Crippen LogP contribution in [0, 0.1) is 11.8 Å². The summed E-state index contributed by atoms with van der Waals surface area (Å²) in [5.74, 6) is 1.17. The van der Waals surface area contributed by atoms with Crippen LogP contribution in [0.25, 0.3) is 0 Å². The molecule has 1 N–H and O–H groups in total. The van der Waals surface area contributed by atoms with Gasteiger partial charge in [0.05, 0.1) is 0 Å². The second kappa shape index (κ2) is 5.67. The number of nitrogens with zero attached hydrogens (tertiary/aromatic N) is 1. The smallest absolute Gasteiger partial charge is 0.226 e. The number of hydrogen-bond donors (Lipinski definition) is 1. The van der Waals surface area contributed by atoms with Crippen LogP contribution in [0.4, 0.5) is 0 Å². The summed E-state index contributed by atoms with van der Waals surface area (Å²) in [5, 5.41) is 3.38. The molecule has 1 unspecified atom stereocenters. The van der Waals surface area contributed by atoms with Gasteiger partial charge in [-0.05, 0) is 52.1 Å². The number of carbonyl (C=O) groups excluding carboxylic acids is 1. The molecule has 0 bridgehead atoms. The Morgan fingerprint density at radius 3 is 2.65 bits per heavy atom. The monoisotopic (exact) mass is 236 g/mol. The summed E-state index contributed by atoms with van der Waals surface area (Å²) in [6.07, 6.45) is 7.59. The highest BCUT2D eigenvalue weighted by Crippen LogP contribution is 2.29. The van der Waals surface area contributed by atoms with Crippen LogP contribution in [0.15, 0.2) is 12.2 Å². The molecule has 2 rings (SSSR count). The number of carbonyl (C=O) groups is 1. The number of hydrogen-bond acceptors (Lipinski definition) is 2. The maximum atomic E-state index is 12.6. The standard InChI is InChI=1S/C14H24N2O/c1-11(2)16-10-4-3-5-13(14(16)17)12-6-8-15-9-7-12/h3-4,11-13,15H,5-10H2,1-2H3. The largest absolute Gasteiger partial charge is 0.336 e. The van der Waals surface area contributed by atoms with E-state index in [2.05, 4.69) is 31.3 Å². The molecule has 2 heterocycles. The predicted octanol–water partition coefficient (Wildman–Crippen LogP) is 1.80. The zero-order valence-corrected chi connectivity index (χ0v) is 11.0. The Bertz CT molecular complexity index is 293. The van der Waals surface area contributed by atoms with Crippen molar-refractivity contribution in [1.29, 1.82) is 0 Å². The number of amides is 1. The second-order valence-corrected chi connectivity index (χ2v) is 5.49. The Labute approximate surface area is 104 Å². The van der Waals surface area contributed by atoms with Gasteiger partial charge in [0.2, 0.25) is 5.91 Å². The molecule has 1 fully saturated rings. The van der Waals surface area contributed by atoms with Crippen LogP contribution < -0.4 is 5.32 Å². The second-order valence-electron chi connectivity index (χ2n) is 5.49. The summed E-state index contributed by atoms with van der Waals surface area (Å²) in [5.41, 5.74) is 0. The SMILES string of the molecule is CC(C)N1CC=CCC(C2CCNCC2)C1=O. The molecule has 2 aliphatic rings. The van der Waals surface area contributed by atoms with Crippen molar-refractivity contribution < 1.29 is 4.79 Å². The lowest BCUT2D eigenvalue weighted by atomic mass is 9.82. The predicted molar refractivity (Wildman–Crippen MR) is 69.7 cm³/mol. The highest BCUT2D eigenvalue weighted by molar-refractivity contribution is 5.80. The van der Waals surface area contributed by atoms with Crippen molar-refractivity contribution in [2.75, 3.05) is 19.6 Å². The molecule has 1 amide bonds. The summed E-state index contributed by atoms with van der Waals surface area (Å²) in [4.78, 5) is 14.6. The van der Waals surface area contributed by atoms with E-state index in [0.29, 0.717) is 17.9 Å². The van der Waals surface area contributed by atoms with Crippen molar-refractivity contribution in [3.05, 3.63) is 12.2 Å².